The van der Waals surface area contributed by atoms with Crippen molar-refractivity contribution < 1.29 is 14.3 Å². The van der Waals surface area contributed by atoms with Crippen LogP contribution in [0.4, 0.5) is 0 Å². The summed E-state index contributed by atoms with van der Waals surface area (Å²) in [5.41, 5.74) is 6.59. The third-order valence-electron chi connectivity index (χ3n) is 9.12. The molecule has 2 bridgehead atoms. The van der Waals surface area contributed by atoms with Gasteiger partial charge in [-0.05, 0) is 82.7 Å². The Morgan fingerprint density at radius 2 is 1.83 bits per heavy atom. The molecule has 2 saturated carbocycles. The summed E-state index contributed by atoms with van der Waals surface area (Å²) in [4.78, 5) is 27.9. The van der Waals surface area contributed by atoms with Gasteiger partial charge in [-0.1, -0.05) is 53.5 Å². The second-order valence-corrected chi connectivity index (χ2v) is 12.6. The van der Waals surface area contributed by atoms with Gasteiger partial charge in [0.25, 0.3) is 0 Å². The van der Waals surface area contributed by atoms with Crippen LogP contribution in [0.15, 0.2) is 12.3 Å². The van der Waals surface area contributed by atoms with Gasteiger partial charge >= 0.3 is 5.97 Å². The first-order valence-electron chi connectivity index (χ1n) is 14.5. The van der Waals surface area contributed by atoms with Crippen LogP contribution in [0.3, 0.4) is 0 Å². The molecule has 3 N–H and O–H groups in total. The fourth-order valence-corrected chi connectivity index (χ4v) is 6.58. The van der Waals surface area contributed by atoms with Gasteiger partial charge in [0.2, 0.25) is 5.91 Å². The molecule has 0 spiro atoms. The minimum absolute atomic E-state index is 0.215. The van der Waals surface area contributed by atoms with E-state index in [1.54, 1.807) is 0 Å². The predicted molar refractivity (Wildman–Crippen MR) is 148 cm³/mol. The molecule has 0 heterocycles. The topological polar surface area (TPSA) is 84.7 Å². The Morgan fingerprint density at radius 1 is 1.14 bits per heavy atom. The Kier molecular flexibility index (Phi) is 12.3. The summed E-state index contributed by atoms with van der Waals surface area (Å²) in [7, 11) is 3.93. The molecule has 0 aromatic heterocycles. The van der Waals surface area contributed by atoms with Crippen molar-refractivity contribution in [1.82, 2.24) is 10.2 Å². The highest BCUT2D eigenvalue weighted by molar-refractivity contribution is 5.78. The zero-order valence-electron chi connectivity index (χ0n) is 24.1. The lowest BCUT2D eigenvalue weighted by molar-refractivity contribution is -0.150. The smallest absolute Gasteiger partial charge is 0.309 e. The highest BCUT2D eigenvalue weighted by Crippen LogP contribution is 2.54. The number of fused-ring (bicyclic) bond motifs is 2. The van der Waals surface area contributed by atoms with E-state index in [0.29, 0.717) is 43.7 Å². The first kappa shape index (κ1) is 30.7. The first-order valence-corrected chi connectivity index (χ1v) is 14.5. The van der Waals surface area contributed by atoms with Crippen molar-refractivity contribution in [3.05, 3.63) is 12.3 Å². The van der Waals surface area contributed by atoms with Gasteiger partial charge in [0.15, 0.2) is 0 Å². The molecule has 6 nitrogen and oxygen atoms in total. The molecule has 6 unspecified atom stereocenters. The standard InChI is InChI=1S/C30H55N3O3/c1-8-9-10-11-14-32-22(3)30(4,5)20-26(29(35)36-16-15-33(6)7)18-25(28(31)34)19-27-21(2)23-12-13-24(27)17-23/h21,23-27,32H,3,8-20H2,1-2,4-7H3,(H2,31,34). The third-order valence-corrected chi connectivity index (χ3v) is 9.12. The molecule has 2 rings (SSSR count). The van der Waals surface area contributed by atoms with E-state index in [0.717, 1.165) is 31.0 Å². The monoisotopic (exact) mass is 505 g/mol. The highest BCUT2D eigenvalue weighted by Gasteiger charge is 2.46. The van der Waals surface area contributed by atoms with Gasteiger partial charge < -0.3 is 20.7 Å². The maximum absolute atomic E-state index is 13.3. The Morgan fingerprint density at radius 3 is 2.42 bits per heavy atom. The van der Waals surface area contributed by atoms with E-state index in [1.165, 1.54) is 38.5 Å². The molecule has 2 fully saturated rings. The Hall–Kier alpha value is -1.56. The van der Waals surface area contributed by atoms with E-state index in [1.807, 2.05) is 19.0 Å². The largest absolute Gasteiger partial charge is 0.464 e. The number of primary amides is 1. The molecule has 208 valence electrons. The molecule has 2 aliphatic rings. The molecule has 2 aliphatic carbocycles. The number of carbonyl (C=O) groups excluding carboxylic acids is 2. The summed E-state index contributed by atoms with van der Waals surface area (Å²) in [5.74, 6) is 1.52. The summed E-state index contributed by atoms with van der Waals surface area (Å²) in [5, 5.41) is 3.50. The average molecular weight is 506 g/mol. The number of hydrogen-bond acceptors (Lipinski definition) is 5. The molecule has 6 atom stereocenters. The lowest BCUT2D eigenvalue weighted by Gasteiger charge is -2.34. The van der Waals surface area contributed by atoms with Gasteiger partial charge in [0, 0.05) is 30.1 Å². The number of allylic oxidation sites excluding steroid dienone is 1. The van der Waals surface area contributed by atoms with Crippen molar-refractivity contribution in [3.8, 4) is 0 Å². The second-order valence-electron chi connectivity index (χ2n) is 12.6. The lowest BCUT2D eigenvalue weighted by atomic mass is 9.72. The quantitative estimate of drug-likeness (QED) is 0.193. The summed E-state index contributed by atoms with van der Waals surface area (Å²) >= 11 is 0. The molecule has 0 saturated heterocycles. The van der Waals surface area contributed by atoms with Crippen LogP contribution in [0.25, 0.3) is 0 Å². The van der Waals surface area contributed by atoms with Crippen LogP contribution in [0.5, 0.6) is 0 Å². The number of amides is 1. The van der Waals surface area contributed by atoms with Crippen molar-refractivity contribution in [2.45, 2.75) is 91.9 Å². The number of esters is 1. The summed E-state index contributed by atoms with van der Waals surface area (Å²) in [6, 6.07) is 0. The first-order chi connectivity index (χ1) is 17.0. The van der Waals surface area contributed by atoms with Crippen molar-refractivity contribution in [1.29, 1.82) is 0 Å². The third kappa shape index (κ3) is 9.08. The SMILES string of the molecule is C=C(NCCCCCC)C(C)(C)CC(CC(CC1C2CCC(C2)C1C)C(N)=O)C(=O)OCCN(C)C. The normalized spacial score (nSPS) is 25.1. The van der Waals surface area contributed by atoms with Crippen LogP contribution >= 0.6 is 0 Å². The van der Waals surface area contributed by atoms with E-state index in [9.17, 15) is 9.59 Å². The minimum Gasteiger partial charge on any atom is -0.464 e. The van der Waals surface area contributed by atoms with Crippen LogP contribution in [-0.2, 0) is 14.3 Å². The van der Waals surface area contributed by atoms with Gasteiger partial charge in [-0.15, -0.1) is 0 Å². The van der Waals surface area contributed by atoms with Gasteiger partial charge in [0.1, 0.15) is 6.61 Å². The number of rotatable bonds is 18. The lowest BCUT2D eigenvalue weighted by Crippen LogP contribution is -2.36. The number of carbonyl (C=O) groups is 2. The number of nitrogens with one attached hydrogen (secondary N) is 1. The van der Waals surface area contributed by atoms with E-state index >= 15 is 0 Å². The van der Waals surface area contributed by atoms with E-state index < -0.39 is 0 Å². The Labute approximate surface area is 221 Å². The summed E-state index contributed by atoms with van der Waals surface area (Å²) < 4.78 is 5.70. The molecule has 0 aromatic rings. The molecule has 0 radical (unpaired) electrons. The predicted octanol–water partition coefficient (Wildman–Crippen LogP) is 5.37. The fraction of sp³-hybridized carbons (Fsp3) is 0.867. The molecular weight excluding hydrogens is 450 g/mol. The number of ether oxygens (including phenoxy) is 1. The number of unbranched alkanes of at least 4 members (excludes halogenated alkanes) is 3. The van der Waals surface area contributed by atoms with Gasteiger partial charge in [-0.2, -0.15) is 0 Å². The Balaban J connectivity index is 2.07. The number of nitrogens with zero attached hydrogens (tertiary/aromatic N) is 1. The zero-order chi connectivity index (χ0) is 26.9. The number of nitrogens with two attached hydrogens (primary N) is 1. The maximum atomic E-state index is 13.3. The van der Waals surface area contributed by atoms with Crippen LogP contribution in [0.1, 0.15) is 91.9 Å². The molecule has 0 aromatic carbocycles. The van der Waals surface area contributed by atoms with Crippen molar-refractivity contribution in [3.63, 3.8) is 0 Å². The molecule has 1 amide bonds. The van der Waals surface area contributed by atoms with Gasteiger partial charge in [-0.3, -0.25) is 9.59 Å². The Bertz CT molecular complexity index is 718. The van der Waals surface area contributed by atoms with Crippen LogP contribution < -0.4 is 11.1 Å². The minimum atomic E-state index is -0.382. The van der Waals surface area contributed by atoms with Crippen molar-refractivity contribution >= 4 is 11.9 Å². The summed E-state index contributed by atoms with van der Waals surface area (Å²) in [6.45, 7) is 15.1. The van der Waals surface area contributed by atoms with Crippen LogP contribution in [0.2, 0.25) is 0 Å². The highest BCUT2D eigenvalue weighted by atomic mass is 16.5. The summed E-state index contributed by atoms with van der Waals surface area (Å²) in [6.07, 6.45) is 10.5. The van der Waals surface area contributed by atoms with Crippen LogP contribution in [-0.4, -0.2) is 50.6 Å². The van der Waals surface area contributed by atoms with Gasteiger partial charge in [-0.25, -0.2) is 0 Å². The molecular formula is C30H55N3O3. The molecule has 36 heavy (non-hydrogen) atoms. The zero-order valence-corrected chi connectivity index (χ0v) is 24.1. The maximum Gasteiger partial charge on any atom is 0.309 e. The van der Waals surface area contributed by atoms with Crippen molar-refractivity contribution in [2.75, 3.05) is 33.8 Å². The molecule has 6 heteroatoms. The number of likely N-dealkylation sites (N-methyl/N-ethyl adjacent to an activating group) is 1. The van der Waals surface area contributed by atoms with E-state index in [4.69, 9.17) is 10.5 Å². The van der Waals surface area contributed by atoms with Crippen molar-refractivity contribution in [2.24, 2.45) is 46.7 Å². The number of hydrogen-bond donors (Lipinski definition) is 2. The second kappa shape index (κ2) is 14.4. The average Bonchev–Trinajstić information content (AvgIpc) is 3.39. The van der Waals surface area contributed by atoms with Crippen LogP contribution in [0, 0.1) is 40.9 Å². The molecule has 0 aliphatic heterocycles. The van der Waals surface area contributed by atoms with Gasteiger partial charge in [0.05, 0.1) is 5.92 Å². The fourth-order valence-electron chi connectivity index (χ4n) is 6.58. The van der Waals surface area contributed by atoms with E-state index in [2.05, 4.69) is 39.6 Å². The van der Waals surface area contributed by atoms with E-state index in [-0.39, 0.29) is 29.1 Å².